The Labute approximate surface area is 192 Å². The molecular formula is C22H23Br2N3O3. The van der Waals surface area contributed by atoms with Crippen LogP contribution in [0.3, 0.4) is 0 Å². The zero-order valence-corrected chi connectivity index (χ0v) is 20.6. The van der Waals surface area contributed by atoms with Gasteiger partial charge in [0.15, 0.2) is 11.5 Å². The van der Waals surface area contributed by atoms with Crippen molar-refractivity contribution in [2.75, 3.05) is 7.11 Å². The minimum atomic E-state index is -0.216. The molecule has 3 rings (SSSR count). The van der Waals surface area contributed by atoms with E-state index >= 15 is 0 Å². The average Bonchev–Trinajstić information content (AvgIpc) is 2.68. The lowest BCUT2D eigenvalue weighted by Crippen LogP contribution is -2.23. The lowest BCUT2D eigenvalue weighted by atomic mass is 10.2. The Morgan fingerprint density at radius 2 is 1.87 bits per heavy atom. The lowest BCUT2D eigenvalue weighted by molar-refractivity contribution is 0.228. The van der Waals surface area contributed by atoms with E-state index in [-0.39, 0.29) is 17.6 Å². The van der Waals surface area contributed by atoms with Crippen LogP contribution in [-0.4, -0.2) is 29.1 Å². The smallest absolute Gasteiger partial charge is 0.282 e. The van der Waals surface area contributed by atoms with E-state index in [9.17, 15) is 4.79 Å². The molecule has 0 aliphatic carbocycles. The molecule has 0 N–H and O–H groups in total. The second-order valence-corrected chi connectivity index (χ2v) is 9.12. The number of ether oxygens (including phenoxy) is 2. The number of rotatable bonds is 6. The van der Waals surface area contributed by atoms with Crippen LogP contribution in [-0.2, 0) is 0 Å². The highest BCUT2D eigenvalue weighted by Gasteiger charge is 2.15. The number of halogens is 2. The SMILES string of the molecule is COc1cc(C=Nn2c(C(C)C)nc3ccc(Br)cc3c2=O)cc(Br)c1OC(C)C. The maximum absolute atomic E-state index is 13.1. The summed E-state index contributed by atoms with van der Waals surface area (Å²) in [6, 6.07) is 9.15. The van der Waals surface area contributed by atoms with E-state index in [4.69, 9.17) is 9.47 Å². The molecular weight excluding hydrogens is 514 g/mol. The predicted molar refractivity (Wildman–Crippen MR) is 127 cm³/mol. The van der Waals surface area contributed by atoms with Gasteiger partial charge in [-0.2, -0.15) is 9.78 Å². The molecule has 3 aromatic rings. The van der Waals surface area contributed by atoms with Crippen LogP contribution in [0.15, 0.2) is 49.2 Å². The molecule has 6 nitrogen and oxygen atoms in total. The van der Waals surface area contributed by atoms with Crippen LogP contribution in [0.5, 0.6) is 11.5 Å². The van der Waals surface area contributed by atoms with E-state index in [1.54, 1.807) is 19.4 Å². The molecule has 0 radical (unpaired) electrons. The molecule has 0 aliphatic rings. The molecule has 0 spiro atoms. The molecule has 0 aliphatic heterocycles. The van der Waals surface area contributed by atoms with Crippen LogP contribution in [0.1, 0.15) is 45.0 Å². The predicted octanol–water partition coefficient (Wildman–Crippen LogP) is 5.72. The number of methoxy groups -OCH3 is 1. The summed E-state index contributed by atoms with van der Waals surface area (Å²) >= 11 is 6.95. The second-order valence-electron chi connectivity index (χ2n) is 7.35. The summed E-state index contributed by atoms with van der Waals surface area (Å²) < 4.78 is 14.2. The van der Waals surface area contributed by atoms with Crippen molar-refractivity contribution in [2.24, 2.45) is 5.10 Å². The van der Waals surface area contributed by atoms with Crippen molar-refractivity contribution in [2.45, 2.75) is 39.7 Å². The minimum Gasteiger partial charge on any atom is -0.493 e. The number of hydrogen-bond donors (Lipinski definition) is 0. The Balaban J connectivity index is 2.11. The molecule has 2 aromatic carbocycles. The fourth-order valence-corrected chi connectivity index (χ4v) is 3.85. The first-order valence-electron chi connectivity index (χ1n) is 9.52. The van der Waals surface area contributed by atoms with Gasteiger partial charge >= 0.3 is 0 Å². The van der Waals surface area contributed by atoms with Gasteiger partial charge in [-0.05, 0) is 65.7 Å². The zero-order valence-electron chi connectivity index (χ0n) is 17.4. The highest BCUT2D eigenvalue weighted by molar-refractivity contribution is 9.10. The Kier molecular flexibility index (Phi) is 6.98. The summed E-state index contributed by atoms with van der Waals surface area (Å²) in [5.74, 6) is 1.82. The molecule has 1 heterocycles. The third kappa shape index (κ3) is 4.75. The van der Waals surface area contributed by atoms with Crippen LogP contribution in [0.2, 0.25) is 0 Å². The van der Waals surface area contributed by atoms with Gasteiger partial charge in [0.05, 0.1) is 34.8 Å². The van der Waals surface area contributed by atoms with Crippen LogP contribution >= 0.6 is 31.9 Å². The van der Waals surface area contributed by atoms with Gasteiger partial charge < -0.3 is 9.47 Å². The highest BCUT2D eigenvalue weighted by atomic mass is 79.9. The van der Waals surface area contributed by atoms with E-state index in [1.807, 2.05) is 52.0 Å². The number of aromatic nitrogens is 2. The van der Waals surface area contributed by atoms with Crippen molar-refractivity contribution >= 4 is 49.0 Å². The summed E-state index contributed by atoms with van der Waals surface area (Å²) in [5.41, 5.74) is 1.19. The summed E-state index contributed by atoms with van der Waals surface area (Å²) in [6.45, 7) is 7.87. The van der Waals surface area contributed by atoms with E-state index in [0.29, 0.717) is 28.2 Å². The maximum atomic E-state index is 13.1. The molecule has 158 valence electrons. The summed E-state index contributed by atoms with van der Waals surface area (Å²) in [6.07, 6.45) is 1.62. The van der Waals surface area contributed by atoms with Crippen molar-refractivity contribution in [3.05, 3.63) is 61.0 Å². The van der Waals surface area contributed by atoms with Gasteiger partial charge in [0.2, 0.25) is 0 Å². The molecule has 0 saturated carbocycles. The zero-order chi connectivity index (χ0) is 22.0. The summed E-state index contributed by atoms with van der Waals surface area (Å²) in [4.78, 5) is 17.8. The van der Waals surface area contributed by atoms with Crippen molar-refractivity contribution in [3.63, 3.8) is 0 Å². The van der Waals surface area contributed by atoms with E-state index in [1.165, 1.54) is 4.68 Å². The Morgan fingerprint density at radius 1 is 1.13 bits per heavy atom. The number of hydrogen-bond acceptors (Lipinski definition) is 5. The van der Waals surface area contributed by atoms with Crippen LogP contribution < -0.4 is 15.0 Å². The Hall–Kier alpha value is -2.19. The Morgan fingerprint density at radius 3 is 2.50 bits per heavy atom. The van der Waals surface area contributed by atoms with Crippen molar-refractivity contribution in [1.29, 1.82) is 0 Å². The van der Waals surface area contributed by atoms with Crippen molar-refractivity contribution < 1.29 is 9.47 Å². The first kappa shape index (κ1) is 22.5. The van der Waals surface area contributed by atoms with Gasteiger partial charge in [-0.3, -0.25) is 4.79 Å². The topological polar surface area (TPSA) is 65.7 Å². The van der Waals surface area contributed by atoms with Gasteiger partial charge in [0, 0.05) is 10.4 Å². The van der Waals surface area contributed by atoms with Crippen LogP contribution in [0.4, 0.5) is 0 Å². The fraction of sp³-hybridized carbons (Fsp3) is 0.318. The lowest BCUT2D eigenvalue weighted by Gasteiger charge is -2.16. The molecule has 30 heavy (non-hydrogen) atoms. The minimum absolute atomic E-state index is 0.00453. The Bertz CT molecular complexity index is 1170. The number of nitrogens with zero attached hydrogens (tertiary/aromatic N) is 3. The highest BCUT2D eigenvalue weighted by Crippen LogP contribution is 2.37. The van der Waals surface area contributed by atoms with Crippen molar-refractivity contribution in [1.82, 2.24) is 9.66 Å². The average molecular weight is 537 g/mol. The molecule has 0 unspecified atom stereocenters. The maximum Gasteiger partial charge on any atom is 0.282 e. The van der Waals surface area contributed by atoms with Gasteiger partial charge in [0.25, 0.3) is 5.56 Å². The summed E-state index contributed by atoms with van der Waals surface area (Å²) in [7, 11) is 1.59. The van der Waals surface area contributed by atoms with Crippen LogP contribution in [0, 0.1) is 0 Å². The molecule has 0 fully saturated rings. The fourth-order valence-electron chi connectivity index (χ4n) is 2.94. The van der Waals surface area contributed by atoms with Crippen LogP contribution in [0.25, 0.3) is 10.9 Å². The third-order valence-corrected chi connectivity index (χ3v) is 5.36. The quantitative estimate of drug-likeness (QED) is 0.378. The largest absolute Gasteiger partial charge is 0.493 e. The summed E-state index contributed by atoms with van der Waals surface area (Å²) in [5, 5.41) is 4.97. The van der Waals surface area contributed by atoms with Gasteiger partial charge in [-0.25, -0.2) is 4.98 Å². The van der Waals surface area contributed by atoms with Gasteiger partial charge in [-0.1, -0.05) is 29.8 Å². The van der Waals surface area contributed by atoms with E-state index in [0.717, 1.165) is 14.5 Å². The monoisotopic (exact) mass is 535 g/mol. The van der Waals surface area contributed by atoms with Gasteiger partial charge in [-0.15, -0.1) is 0 Å². The normalized spacial score (nSPS) is 11.8. The molecule has 0 atom stereocenters. The third-order valence-electron chi connectivity index (χ3n) is 4.28. The second kappa shape index (κ2) is 9.31. The molecule has 0 bridgehead atoms. The van der Waals surface area contributed by atoms with Crippen molar-refractivity contribution in [3.8, 4) is 11.5 Å². The number of benzene rings is 2. The molecule has 1 aromatic heterocycles. The first-order valence-corrected chi connectivity index (χ1v) is 11.1. The number of fused-ring (bicyclic) bond motifs is 1. The van der Waals surface area contributed by atoms with E-state index in [2.05, 4.69) is 41.9 Å². The van der Waals surface area contributed by atoms with Gasteiger partial charge in [0.1, 0.15) is 5.82 Å². The first-order chi connectivity index (χ1) is 14.2. The molecule has 0 saturated heterocycles. The molecule has 8 heteroatoms. The van der Waals surface area contributed by atoms with E-state index < -0.39 is 0 Å². The standard InChI is InChI=1S/C22H23Br2N3O3/c1-12(2)21-26-18-7-6-15(23)10-16(18)22(28)27(21)25-11-14-8-17(24)20(30-13(3)4)19(9-14)29-5/h6-13H,1-5H3. The molecule has 0 amide bonds.